The zero-order chi connectivity index (χ0) is 14.1. The maximum absolute atomic E-state index is 11.3. The van der Waals surface area contributed by atoms with Crippen LogP contribution in [0.25, 0.3) is 11.0 Å². The van der Waals surface area contributed by atoms with Crippen molar-refractivity contribution in [2.75, 3.05) is 5.32 Å². The molecule has 0 aromatic carbocycles. The highest BCUT2D eigenvalue weighted by Crippen LogP contribution is 2.28. The van der Waals surface area contributed by atoms with Crippen LogP contribution >= 0.6 is 0 Å². The Bertz CT molecular complexity index is 782. The lowest BCUT2D eigenvalue weighted by molar-refractivity contribution is 0.0697. The van der Waals surface area contributed by atoms with Crippen LogP contribution in [0.15, 0.2) is 36.9 Å². The third-order valence-corrected chi connectivity index (χ3v) is 2.92. The number of nitrogens with one attached hydrogen (secondary N) is 1. The molecule has 0 spiro atoms. The Morgan fingerprint density at radius 1 is 1.35 bits per heavy atom. The number of aryl methyl sites for hydroxylation is 1. The molecular weight excluding hydrogens is 258 g/mol. The lowest BCUT2D eigenvalue weighted by atomic mass is 10.1. The van der Waals surface area contributed by atoms with Crippen molar-refractivity contribution in [1.82, 2.24) is 19.7 Å². The Balaban J connectivity index is 2.20. The van der Waals surface area contributed by atoms with Crippen LogP contribution in [0.3, 0.4) is 0 Å². The number of hydrogen-bond acceptors (Lipinski definition) is 5. The number of carboxylic acids is 1. The minimum Gasteiger partial charge on any atom is -0.478 e. The molecule has 0 aliphatic heterocycles. The van der Waals surface area contributed by atoms with E-state index in [4.69, 9.17) is 0 Å². The third kappa shape index (κ3) is 1.95. The van der Waals surface area contributed by atoms with Gasteiger partial charge >= 0.3 is 5.97 Å². The molecule has 0 aliphatic rings. The van der Waals surface area contributed by atoms with E-state index in [9.17, 15) is 9.90 Å². The fraction of sp³-hybridized carbons (Fsp3) is 0.0769. The predicted octanol–water partition coefficient (Wildman–Crippen LogP) is 1.81. The van der Waals surface area contributed by atoms with Crippen molar-refractivity contribution in [3.8, 4) is 0 Å². The Labute approximate surface area is 113 Å². The second-order valence-electron chi connectivity index (χ2n) is 4.22. The van der Waals surface area contributed by atoms with E-state index in [2.05, 4.69) is 20.4 Å². The number of aromatic carboxylic acids is 1. The van der Waals surface area contributed by atoms with Crippen LogP contribution in [0.2, 0.25) is 0 Å². The van der Waals surface area contributed by atoms with Gasteiger partial charge in [-0.25, -0.2) is 9.78 Å². The van der Waals surface area contributed by atoms with Crippen LogP contribution in [0, 0.1) is 0 Å². The highest BCUT2D eigenvalue weighted by atomic mass is 16.4. The summed E-state index contributed by atoms with van der Waals surface area (Å²) in [5, 5.41) is 17.1. The predicted molar refractivity (Wildman–Crippen MR) is 73.0 cm³/mol. The van der Waals surface area contributed by atoms with E-state index < -0.39 is 5.97 Å². The molecule has 0 bridgehead atoms. The first kappa shape index (κ1) is 12.1. The molecule has 3 aromatic heterocycles. The van der Waals surface area contributed by atoms with Crippen molar-refractivity contribution < 1.29 is 9.90 Å². The summed E-state index contributed by atoms with van der Waals surface area (Å²) in [5.41, 5.74) is 1.87. The SMILES string of the molecule is Cn1ncc2c(Nc3cccnc3)c(C(=O)O)cnc21. The first-order valence-corrected chi connectivity index (χ1v) is 5.88. The molecule has 3 aromatic rings. The molecule has 0 saturated carbocycles. The lowest BCUT2D eigenvalue weighted by Gasteiger charge is -2.10. The van der Waals surface area contributed by atoms with Gasteiger partial charge < -0.3 is 10.4 Å². The first-order chi connectivity index (χ1) is 9.66. The van der Waals surface area contributed by atoms with Crippen LogP contribution in [0.5, 0.6) is 0 Å². The highest BCUT2D eigenvalue weighted by molar-refractivity contribution is 6.04. The largest absolute Gasteiger partial charge is 0.478 e. The summed E-state index contributed by atoms with van der Waals surface area (Å²) in [6.07, 6.45) is 6.18. The summed E-state index contributed by atoms with van der Waals surface area (Å²) in [7, 11) is 1.75. The minimum absolute atomic E-state index is 0.0920. The zero-order valence-corrected chi connectivity index (χ0v) is 10.6. The van der Waals surface area contributed by atoms with Crippen molar-refractivity contribution in [1.29, 1.82) is 0 Å². The summed E-state index contributed by atoms with van der Waals surface area (Å²) in [6.45, 7) is 0. The molecule has 3 rings (SSSR count). The van der Waals surface area contributed by atoms with Crippen LogP contribution in [0.4, 0.5) is 11.4 Å². The lowest BCUT2D eigenvalue weighted by Crippen LogP contribution is -2.05. The van der Waals surface area contributed by atoms with Crippen LogP contribution in [-0.4, -0.2) is 30.8 Å². The van der Waals surface area contributed by atoms with E-state index in [0.717, 1.165) is 0 Å². The number of hydrogen-bond donors (Lipinski definition) is 2. The normalized spacial score (nSPS) is 10.7. The van der Waals surface area contributed by atoms with Gasteiger partial charge in [0.05, 0.1) is 29.2 Å². The molecular formula is C13H11N5O2. The molecule has 0 fully saturated rings. The van der Waals surface area contributed by atoms with Crippen molar-refractivity contribution >= 4 is 28.4 Å². The molecule has 0 aliphatic carbocycles. The molecule has 3 heterocycles. The quantitative estimate of drug-likeness (QED) is 0.753. The number of pyridine rings is 2. The van der Waals surface area contributed by atoms with Crippen molar-refractivity contribution in [2.45, 2.75) is 0 Å². The van der Waals surface area contributed by atoms with Crippen molar-refractivity contribution in [3.63, 3.8) is 0 Å². The maximum Gasteiger partial charge on any atom is 0.339 e. The summed E-state index contributed by atoms with van der Waals surface area (Å²) in [5.74, 6) is -1.05. The monoisotopic (exact) mass is 269 g/mol. The molecule has 0 amide bonds. The standard InChI is InChI=1S/C13H11N5O2/c1-18-12-9(7-16-18)11(10(6-15-12)13(19)20)17-8-3-2-4-14-5-8/h2-7H,1H3,(H,15,17)(H,19,20). The number of carboxylic acid groups (broad SMARTS) is 1. The Hall–Kier alpha value is -2.96. The molecule has 100 valence electrons. The second-order valence-corrected chi connectivity index (χ2v) is 4.22. The summed E-state index contributed by atoms with van der Waals surface area (Å²) >= 11 is 0. The molecule has 0 saturated heterocycles. The third-order valence-electron chi connectivity index (χ3n) is 2.92. The number of aromatic nitrogens is 4. The average molecular weight is 269 g/mol. The summed E-state index contributed by atoms with van der Waals surface area (Å²) in [4.78, 5) is 19.5. The number of carbonyl (C=O) groups is 1. The van der Waals surface area contributed by atoms with Gasteiger partial charge in [-0.2, -0.15) is 5.10 Å². The summed E-state index contributed by atoms with van der Waals surface area (Å²) in [6, 6.07) is 3.58. The molecule has 0 unspecified atom stereocenters. The van der Waals surface area contributed by atoms with E-state index in [1.165, 1.54) is 6.20 Å². The average Bonchev–Trinajstić information content (AvgIpc) is 2.82. The molecule has 20 heavy (non-hydrogen) atoms. The van der Waals surface area contributed by atoms with Gasteiger partial charge in [0.25, 0.3) is 0 Å². The fourth-order valence-corrected chi connectivity index (χ4v) is 1.97. The Morgan fingerprint density at radius 3 is 2.90 bits per heavy atom. The second kappa shape index (κ2) is 4.61. The number of rotatable bonds is 3. The van der Waals surface area contributed by atoms with Crippen molar-refractivity contribution in [2.24, 2.45) is 7.05 Å². The van der Waals surface area contributed by atoms with Crippen molar-refractivity contribution in [3.05, 3.63) is 42.5 Å². The molecule has 7 heteroatoms. The molecule has 0 atom stereocenters. The smallest absolute Gasteiger partial charge is 0.339 e. The van der Waals surface area contributed by atoms with Gasteiger partial charge in [0.2, 0.25) is 0 Å². The van der Waals surface area contributed by atoms with Gasteiger partial charge in [0.1, 0.15) is 5.56 Å². The molecule has 7 nitrogen and oxygen atoms in total. The van der Waals surface area contributed by atoms with Gasteiger partial charge in [0, 0.05) is 19.4 Å². The van der Waals surface area contributed by atoms with E-state index in [1.54, 1.807) is 42.5 Å². The molecule has 0 radical (unpaired) electrons. The fourth-order valence-electron chi connectivity index (χ4n) is 1.97. The first-order valence-electron chi connectivity index (χ1n) is 5.88. The number of nitrogens with zero attached hydrogens (tertiary/aromatic N) is 4. The Morgan fingerprint density at radius 2 is 2.20 bits per heavy atom. The zero-order valence-electron chi connectivity index (χ0n) is 10.6. The van der Waals surface area contributed by atoms with Crippen LogP contribution < -0.4 is 5.32 Å². The Kier molecular flexibility index (Phi) is 2.79. The van der Waals surface area contributed by atoms with Gasteiger partial charge in [-0.3, -0.25) is 9.67 Å². The van der Waals surface area contributed by atoms with Gasteiger partial charge in [-0.1, -0.05) is 0 Å². The van der Waals surface area contributed by atoms with E-state index in [0.29, 0.717) is 22.4 Å². The maximum atomic E-state index is 11.3. The van der Waals surface area contributed by atoms with E-state index >= 15 is 0 Å². The van der Waals surface area contributed by atoms with Gasteiger partial charge in [-0.05, 0) is 12.1 Å². The minimum atomic E-state index is -1.05. The summed E-state index contributed by atoms with van der Waals surface area (Å²) < 4.78 is 1.59. The van der Waals surface area contributed by atoms with E-state index in [-0.39, 0.29) is 5.56 Å². The van der Waals surface area contributed by atoms with E-state index in [1.807, 2.05) is 0 Å². The highest BCUT2D eigenvalue weighted by Gasteiger charge is 2.17. The number of anilines is 2. The van der Waals surface area contributed by atoms with Crippen LogP contribution in [-0.2, 0) is 7.05 Å². The molecule has 2 N–H and O–H groups in total. The number of fused-ring (bicyclic) bond motifs is 1. The van der Waals surface area contributed by atoms with Gasteiger partial charge in [0.15, 0.2) is 5.65 Å². The van der Waals surface area contributed by atoms with Crippen LogP contribution in [0.1, 0.15) is 10.4 Å². The van der Waals surface area contributed by atoms with Gasteiger partial charge in [-0.15, -0.1) is 0 Å². The topological polar surface area (TPSA) is 92.9 Å².